The van der Waals surface area contributed by atoms with E-state index in [1.807, 2.05) is 54.8 Å². The van der Waals surface area contributed by atoms with Crippen LogP contribution in [0, 0.1) is 0 Å². The first-order valence-corrected chi connectivity index (χ1v) is 9.45. The van der Waals surface area contributed by atoms with E-state index in [9.17, 15) is 4.79 Å². The lowest BCUT2D eigenvalue weighted by Gasteiger charge is -2.18. The first kappa shape index (κ1) is 16.7. The topological polar surface area (TPSA) is 59.2 Å². The van der Waals surface area contributed by atoms with Gasteiger partial charge in [-0.15, -0.1) is 23.1 Å². The van der Waals surface area contributed by atoms with Crippen LogP contribution in [0.15, 0.2) is 57.3 Å². The summed E-state index contributed by atoms with van der Waals surface area (Å²) in [5.41, 5.74) is 0. The Morgan fingerprint density at radius 1 is 1.25 bits per heavy atom. The van der Waals surface area contributed by atoms with E-state index in [0.717, 1.165) is 9.77 Å². The van der Waals surface area contributed by atoms with Crippen LogP contribution in [0.3, 0.4) is 0 Å². The van der Waals surface area contributed by atoms with E-state index in [4.69, 9.17) is 4.52 Å². The third-order valence-electron chi connectivity index (χ3n) is 3.38. The number of thioether (sulfide) groups is 1. The number of amides is 1. The average Bonchev–Trinajstić information content (AvgIpc) is 3.29. The van der Waals surface area contributed by atoms with Crippen LogP contribution < -0.4 is 0 Å². The SMILES string of the molecule is CCN(Cc1nc(-c2cccs2)no1)C(=O)CSc1ccccc1. The predicted molar refractivity (Wildman–Crippen MR) is 95.9 cm³/mol. The van der Waals surface area contributed by atoms with Crippen LogP contribution in [0.5, 0.6) is 0 Å². The lowest BCUT2D eigenvalue weighted by molar-refractivity contribution is -0.129. The zero-order chi connectivity index (χ0) is 16.8. The van der Waals surface area contributed by atoms with Gasteiger partial charge in [-0.1, -0.05) is 29.4 Å². The maximum Gasteiger partial charge on any atom is 0.246 e. The third kappa shape index (κ3) is 4.24. The number of aromatic nitrogens is 2. The molecule has 7 heteroatoms. The molecule has 0 atom stereocenters. The van der Waals surface area contributed by atoms with Gasteiger partial charge in [0.2, 0.25) is 17.6 Å². The molecule has 0 saturated heterocycles. The number of carbonyl (C=O) groups excluding carboxylic acids is 1. The molecule has 1 aromatic carbocycles. The first-order valence-electron chi connectivity index (χ1n) is 7.58. The Labute approximate surface area is 148 Å². The van der Waals surface area contributed by atoms with Crippen LogP contribution >= 0.6 is 23.1 Å². The van der Waals surface area contributed by atoms with Gasteiger partial charge in [0, 0.05) is 11.4 Å². The van der Waals surface area contributed by atoms with Gasteiger partial charge in [0.1, 0.15) is 0 Å². The Bertz CT molecular complexity index is 772. The summed E-state index contributed by atoms with van der Waals surface area (Å²) in [6.07, 6.45) is 0. The Kier molecular flexibility index (Phi) is 5.66. The van der Waals surface area contributed by atoms with E-state index in [0.29, 0.717) is 30.6 Å². The molecule has 24 heavy (non-hydrogen) atoms. The fourth-order valence-electron chi connectivity index (χ4n) is 2.12. The van der Waals surface area contributed by atoms with Crippen molar-refractivity contribution in [2.24, 2.45) is 0 Å². The molecule has 0 spiro atoms. The molecule has 2 heterocycles. The fourth-order valence-corrected chi connectivity index (χ4v) is 3.59. The molecule has 0 bridgehead atoms. The van der Waals surface area contributed by atoms with Gasteiger partial charge in [-0.05, 0) is 30.5 Å². The zero-order valence-electron chi connectivity index (χ0n) is 13.2. The molecule has 5 nitrogen and oxygen atoms in total. The highest BCUT2D eigenvalue weighted by Gasteiger charge is 2.17. The van der Waals surface area contributed by atoms with Gasteiger partial charge in [-0.2, -0.15) is 4.98 Å². The summed E-state index contributed by atoms with van der Waals surface area (Å²) in [5.74, 6) is 1.48. The number of hydrogen-bond acceptors (Lipinski definition) is 6. The smallest absolute Gasteiger partial charge is 0.246 e. The van der Waals surface area contributed by atoms with Crippen LogP contribution in [0.25, 0.3) is 10.7 Å². The Balaban J connectivity index is 1.59. The number of hydrogen-bond donors (Lipinski definition) is 0. The van der Waals surface area contributed by atoms with Crippen molar-refractivity contribution in [3.05, 3.63) is 53.7 Å². The second-order valence-corrected chi connectivity index (χ2v) is 7.00. The maximum atomic E-state index is 12.4. The molecule has 3 aromatic rings. The number of nitrogens with zero attached hydrogens (tertiary/aromatic N) is 3. The number of thiophene rings is 1. The molecular formula is C17H17N3O2S2. The van der Waals surface area contributed by atoms with E-state index in [-0.39, 0.29) is 5.91 Å². The molecule has 3 rings (SSSR count). The Morgan fingerprint density at radius 2 is 2.08 bits per heavy atom. The van der Waals surface area contributed by atoms with Crippen molar-refractivity contribution in [2.75, 3.05) is 12.3 Å². The Hall–Kier alpha value is -2.12. The van der Waals surface area contributed by atoms with Gasteiger partial charge in [-0.25, -0.2) is 0 Å². The minimum atomic E-state index is 0.0576. The maximum absolute atomic E-state index is 12.4. The third-order valence-corrected chi connectivity index (χ3v) is 5.24. The first-order chi connectivity index (χ1) is 11.8. The molecule has 0 unspecified atom stereocenters. The highest BCUT2D eigenvalue weighted by Crippen LogP contribution is 2.22. The summed E-state index contributed by atoms with van der Waals surface area (Å²) in [7, 11) is 0. The summed E-state index contributed by atoms with van der Waals surface area (Å²) in [4.78, 5) is 20.5. The highest BCUT2D eigenvalue weighted by atomic mass is 32.2. The van der Waals surface area contributed by atoms with Crippen molar-refractivity contribution >= 4 is 29.0 Å². The molecular weight excluding hydrogens is 342 g/mol. The van der Waals surface area contributed by atoms with E-state index in [1.165, 1.54) is 11.8 Å². The average molecular weight is 359 g/mol. The van der Waals surface area contributed by atoms with E-state index in [2.05, 4.69) is 10.1 Å². The molecule has 124 valence electrons. The summed E-state index contributed by atoms with van der Waals surface area (Å²) < 4.78 is 5.28. The van der Waals surface area contributed by atoms with E-state index in [1.54, 1.807) is 16.2 Å². The molecule has 0 fully saturated rings. The van der Waals surface area contributed by atoms with Crippen molar-refractivity contribution in [3.63, 3.8) is 0 Å². The molecule has 0 aliphatic heterocycles. The number of carbonyl (C=O) groups is 1. The van der Waals surface area contributed by atoms with Crippen molar-refractivity contribution in [1.29, 1.82) is 0 Å². The monoisotopic (exact) mass is 359 g/mol. The second-order valence-electron chi connectivity index (χ2n) is 5.00. The molecule has 0 aliphatic rings. The van der Waals surface area contributed by atoms with Crippen molar-refractivity contribution in [3.8, 4) is 10.7 Å². The number of benzene rings is 1. The van der Waals surface area contributed by atoms with E-state index < -0.39 is 0 Å². The summed E-state index contributed by atoms with van der Waals surface area (Å²) in [5, 5.41) is 5.95. The van der Waals surface area contributed by atoms with Crippen LogP contribution in [0.2, 0.25) is 0 Å². The van der Waals surface area contributed by atoms with Gasteiger partial charge in [0.25, 0.3) is 0 Å². The van der Waals surface area contributed by atoms with Crippen molar-refractivity contribution in [1.82, 2.24) is 15.0 Å². The van der Waals surface area contributed by atoms with Crippen molar-refractivity contribution in [2.45, 2.75) is 18.4 Å². The molecule has 0 saturated carbocycles. The highest BCUT2D eigenvalue weighted by molar-refractivity contribution is 8.00. The van der Waals surface area contributed by atoms with Crippen molar-refractivity contribution < 1.29 is 9.32 Å². The standard InChI is InChI=1S/C17H17N3O2S2/c1-2-20(16(21)12-24-13-7-4-3-5-8-13)11-15-18-17(19-22-15)14-9-6-10-23-14/h3-10H,2,11-12H2,1H3. The van der Waals surface area contributed by atoms with Crippen LogP contribution in [0.1, 0.15) is 12.8 Å². The predicted octanol–water partition coefficient (Wildman–Crippen LogP) is 3.94. The van der Waals surface area contributed by atoms with Gasteiger partial charge in [-0.3, -0.25) is 4.79 Å². The lowest BCUT2D eigenvalue weighted by Crippen LogP contribution is -2.31. The molecule has 0 aliphatic carbocycles. The normalized spacial score (nSPS) is 10.7. The molecule has 1 amide bonds. The zero-order valence-corrected chi connectivity index (χ0v) is 14.8. The van der Waals surface area contributed by atoms with Gasteiger partial charge in [0.15, 0.2) is 0 Å². The molecule has 2 aromatic heterocycles. The molecule has 0 N–H and O–H groups in total. The van der Waals surface area contributed by atoms with Crippen LogP contribution in [0.4, 0.5) is 0 Å². The second kappa shape index (κ2) is 8.12. The largest absolute Gasteiger partial charge is 0.337 e. The van der Waals surface area contributed by atoms with Gasteiger partial charge in [0.05, 0.1) is 17.2 Å². The minimum Gasteiger partial charge on any atom is -0.337 e. The minimum absolute atomic E-state index is 0.0576. The lowest BCUT2D eigenvalue weighted by atomic mass is 10.4. The fraction of sp³-hybridized carbons (Fsp3) is 0.235. The van der Waals surface area contributed by atoms with Gasteiger partial charge < -0.3 is 9.42 Å². The summed E-state index contributed by atoms with van der Waals surface area (Å²) in [6, 6.07) is 13.8. The van der Waals surface area contributed by atoms with Crippen LogP contribution in [-0.2, 0) is 11.3 Å². The Morgan fingerprint density at radius 3 is 2.79 bits per heavy atom. The summed E-state index contributed by atoms with van der Waals surface area (Å²) >= 11 is 3.09. The number of rotatable bonds is 7. The molecule has 0 radical (unpaired) electrons. The van der Waals surface area contributed by atoms with E-state index >= 15 is 0 Å². The van der Waals surface area contributed by atoms with Gasteiger partial charge >= 0.3 is 0 Å². The quantitative estimate of drug-likeness (QED) is 0.598. The summed E-state index contributed by atoms with van der Waals surface area (Å²) in [6.45, 7) is 2.88. The van der Waals surface area contributed by atoms with Crippen LogP contribution in [-0.4, -0.2) is 33.2 Å².